The van der Waals surface area contributed by atoms with Crippen LogP contribution in [0.2, 0.25) is 0 Å². The fourth-order valence-electron chi connectivity index (χ4n) is 6.73. The van der Waals surface area contributed by atoms with Crippen LogP contribution in [0.1, 0.15) is 22.3 Å². The molecule has 0 saturated heterocycles. The third-order valence-electron chi connectivity index (χ3n) is 8.18. The van der Waals surface area contributed by atoms with Gasteiger partial charge in [0.1, 0.15) is 11.5 Å². The first-order valence-electron chi connectivity index (χ1n) is 14.0. The fraction of sp³-hybridized carbons (Fsp3) is 0.135. The molecular formula is C37H30O2S2. The summed E-state index contributed by atoms with van der Waals surface area (Å²) in [6.07, 6.45) is 0. The molecule has 0 heterocycles. The predicted octanol–water partition coefficient (Wildman–Crippen LogP) is 8.97. The Bertz CT molecular complexity index is 1760. The molecule has 6 aromatic carbocycles. The molecule has 0 unspecified atom stereocenters. The molecule has 202 valence electrons. The Morgan fingerprint density at radius 2 is 0.878 bits per heavy atom. The van der Waals surface area contributed by atoms with Gasteiger partial charge in [-0.25, -0.2) is 0 Å². The molecular weight excluding hydrogens is 541 g/mol. The van der Waals surface area contributed by atoms with E-state index in [4.69, 9.17) is 9.47 Å². The van der Waals surface area contributed by atoms with E-state index in [9.17, 15) is 0 Å². The van der Waals surface area contributed by atoms with Gasteiger partial charge in [-0.15, -0.1) is 0 Å². The summed E-state index contributed by atoms with van der Waals surface area (Å²) in [6, 6.07) is 43.5. The van der Waals surface area contributed by atoms with E-state index >= 15 is 0 Å². The van der Waals surface area contributed by atoms with Crippen molar-refractivity contribution >= 4 is 46.8 Å². The molecule has 0 aliphatic heterocycles. The molecule has 0 atom stereocenters. The summed E-state index contributed by atoms with van der Waals surface area (Å²) in [5.74, 6) is 2.96. The molecule has 7 rings (SSSR count). The smallest absolute Gasteiger partial charge is 0.124 e. The van der Waals surface area contributed by atoms with E-state index in [1.54, 1.807) is 0 Å². The first-order valence-corrected chi connectivity index (χ1v) is 15.3. The zero-order valence-electron chi connectivity index (χ0n) is 22.6. The normalized spacial score (nSPS) is 13.2. The van der Waals surface area contributed by atoms with Crippen LogP contribution in [-0.2, 0) is 5.41 Å². The second-order valence-electron chi connectivity index (χ2n) is 10.3. The van der Waals surface area contributed by atoms with Crippen molar-refractivity contribution in [2.45, 2.75) is 5.41 Å². The Morgan fingerprint density at radius 3 is 1.34 bits per heavy atom. The Kier molecular flexibility index (Phi) is 6.90. The van der Waals surface area contributed by atoms with Gasteiger partial charge in [0.25, 0.3) is 0 Å². The van der Waals surface area contributed by atoms with Crippen molar-refractivity contribution in [3.8, 4) is 22.6 Å². The van der Waals surface area contributed by atoms with Crippen molar-refractivity contribution in [1.82, 2.24) is 0 Å². The standard InChI is InChI=1S/C37H30O2S2/c40-23-21-38-33-19-17-25-9-1-3-11-27(25)35(33)37(31-15-7-5-13-29(31)30-14-6-8-16-32(30)37)36-28-12-4-2-10-26(28)18-20-34(36)39-22-24-41/h1-20,40-41H,21-24H2. The Labute approximate surface area is 251 Å². The van der Waals surface area contributed by atoms with Gasteiger partial charge in [0.15, 0.2) is 0 Å². The number of hydrogen-bond acceptors (Lipinski definition) is 4. The molecule has 41 heavy (non-hydrogen) atoms. The largest absolute Gasteiger partial charge is 0.492 e. The second-order valence-corrected chi connectivity index (χ2v) is 11.2. The lowest BCUT2D eigenvalue weighted by atomic mass is 9.64. The van der Waals surface area contributed by atoms with E-state index in [1.807, 2.05) is 0 Å². The molecule has 0 spiro atoms. The molecule has 0 aromatic heterocycles. The van der Waals surface area contributed by atoms with Crippen molar-refractivity contribution in [3.63, 3.8) is 0 Å². The molecule has 0 fully saturated rings. The van der Waals surface area contributed by atoms with E-state index in [1.165, 1.54) is 33.0 Å². The second kappa shape index (κ2) is 10.8. The van der Waals surface area contributed by atoms with Gasteiger partial charge in [0, 0.05) is 22.6 Å². The van der Waals surface area contributed by atoms with E-state index in [2.05, 4.69) is 147 Å². The maximum Gasteiger partial charge on any atom is 0.124 e. The van der Waals surface area contributed by atoms with Crippen molar-refractivity contribution in [2.75, 3.05) is 24.7 Å². The third-order valence-corrected chi connectivity index (χ3v) is 8.55. The van der Waals surface area contributed by atoms with E-state index in [-0.39, 0.29) is 0 Å². The van der Waals surface area contributed by atoms with E-state index in [0.29, 0.717) is 24.7 Å². The van der Waals surface area contributed by atoms with Crippen molar-refractivity contribution in [1.29, 1.82) is 0 Å². The van der Waals surface area contributed by atoms with Gasteiger partial charge < -0.3 is 9.47 Å². The SMILES string of the molecule is SCCOc1ccc2ccccc2c1C1(c2c(OCCS)ccc3ccccc23)c2ccccc2-c2ccccc21. The molecule has 2 nitrogen and oxygen atoms in total. The maximum atomic E-state index is 6.59. The molecule has 0 radical (unpaired) electrons. The summed E-state index contributed by atoms with van der Waals surface area (Å²) in [5, 5.41) is 4.65. The minimum atomic E-state index is -0.715. The number of thiol groups is 2. The van der Waals surface area contributed by atoms with Crippen LogP contribution >= 0.6 is 25.3 Å². The number of hydrogen-bond donors (Lipinski definition) is 2. The summed E-state index contributed by atoms with van der Waals surface area (Å²) >= 11 is 9.00. The van der Waals surface area contributed by atoms with Gasteiger partial charge in [0.05, 0.1) is 18.6 Å². The van der Waals surface area contributed by atoms with Crippen molar-refractivity contribution in [2.24, 2.45) is 0 Å². The average molecular weight is 571 g/mol. The first kappa shape index (κ1) is 26.1. The molecule has 0 saturated carbocycles. The molecule has 4 heteroatoms. The molecule has 0 N–H and O–H groups in total. The summed E-state index contributed by atoms with van der Waals surface area (Å²) in [7, 11) is 0. The minimum absolute atomic E-state index is 0.506. The van der Waals surface area contributed by atoms with Crippen LogP contribution in [0, 0.1) is 0 Å². The summed E-state index contributed by atoms with van der Waals surface area (Å²) in [4.78, 5) is 0. The highest BCUT2D eigenvalue weighted by molar-refractivity contribution is 7.80. The van der Waals surface area contributed by atoms with Crippen LogP contribution < -0.4 is 9.47 Å². The summed E-state index contributed by atoms with van der Waals surface area (Å²) < 4.78 is 13.2. The van der Waals surface area contributed by atoms with Crippen LogP contribution in [0.3, 0.4) is 0 Å². The van der Waals surface area contributed by atoms with Crippen molar-refractivity contribution < 1.29 is 9.47 Å². The Morgan fingerprint density at radius 1 is 0.463 bits per heavy atom. The quantitative estimate of drug-likeness (QED) is 0.178. The lowest BCUT2D eigenvalue weighted by Crippen LogP contribution is -2.31. The highest BCUT2D eigenvalue weighted by Gasteiger charge is 2.50. The third kappa shape index (κ3) is 4.04. The molecule has 1 aliphatic rings. The summed E-state index contributed by atoms with van der Waals surface area (Å²) in [5.41, 5.74) is 6.44. The number of fused-ring (bicyclic) bond motifs is 5. The van der Waals surface area contributed by atoms with Gasteiger partial charge in [-0.05, 0) is 55.9 Å². The molecule has 6 aromatic rings. The lowest BCUT2D eigenvalue weighted by molar-refractivity contribution is 0.332. The zero-order valence-corrected chi connectivity index (χ0v) is 24.4. The Balaban J connectivity index is 1.75. The average Bonchev–Trinajstić information content (AvgIpc) is 3.32. The molecule has 0 amide bonds. The molecule has 1 aliphatic carbocycles. The first-order chi connectivity index (χ1) is 20.3. The van der Waals surface area contributed by atoms with Gasteiger partial charge >= 0.3 is 0 Å². The number of ether oxygens (including phenoxy) is 2. The number of rotatable bonds is 8. The van der Waals surface area contributed by atoms with Crippen LogP contribution in [0.15, 0.2) is 121 Å². The zero-order chi connectivity index (χ0) is 27.8. The van der Waals surface area contributed by atoms with Gasteiger partial charge in [0.2, 0.25) is 0 Å². The highest BCUT2D eigenvalue weighted by Crippen LogP contribution is 2.61. The van der Waals surface area contributed by atoms with Gasteiger partial charge in [-0.1, -0.05) is 109 Å². The van der Waals surface area contributed by atoms with E-state index < -0.39 is 5.41 Å². The minimum Gasteiger partial charge on any atom is -0.492 e. The van der Waals surface area contributed by atoms with Gasteiger partial charge in [-0.3, -0.25) is 0 Å². The van der Waals surface area contributed by atoms with Crippen molar-refractivity contribution in [3.05, 3.63) is 144 Å². The van der Waals surface area contributed by atoms with Crippen LogP contribution in [0.5, 0.6) is 11.5 Å². The summed E-state index contributed by atoms with van der Waals surface area (Å²) in [6.45, 7) is 1.01. The van der Waals surface area contributed by atoms with Crippen LogP contribution in [0.4, 0.5) is 0 Å². The van der Waals surface area contributed by atoms with Crippen LogP contribution in [0.25, 0.3) is 32.7 Å². The lowest BCUT2D eigenvalue weighted by Gasteiger charge is -2.38. The van der Waals surface area contributed by atoms with E-state index in [0.717, 1.165) is 33.4 Å². The van der Waals surface area contributed by atoms with Crippen LogP contribution in [-0.4, -0.2) is 24.7 Å². The highest BCUT2D eigenvalue weighted by atomic mass is 32.1. The predicted molar refractivity (Wildman–Crippen MR) is 177 cm³/mol. The van der Waals surface area contributed by atoms with Gasteiger partial charge in [-0.2, -0.15) is 25.3 Å². The topological polar surface area (TPSA) is 18.5 Å². The maximum absolute atomic E-state index is 6.59. The molecule has 0 bridgehead atoms. The Hall–Kier alpha value is -3.86. The monoisotopic (exact) mass is 570 g/mol. The fourth-order valence-corrected chi connectivity index (χ4v) is 6.91. The number of benzene rings is 6.